The number of fused-ring (bicyclic) bond motifs is 1. The van der Waals surface area contributed by atoms with Crippen LogP contribution in [-0.4, -0.2) is 23.4 Å². The molecule has 2 N–H and O–H groups in total. The molecule has 5 heteroatoms. The molecule has 2 heterocycles. The number of nitrogens with one attached hydrogen (secondary N) is 2. The van der Waals surface area contributed by atoms with Gasteiger partial charge in [-0.1, -0.05) is 6.07 Å². The summed E-state index contributed by atoms with van der Waals surface area (Å²) >= 11 is 0. The van der Waals surface area contributed by atoms with Crippen molar-refractivity contribution >= 4 is 0 Å². The summed E-state index contributed by atoms with van der Waals surface area (Å²) in [6.45, 7) is 3.04. The molecule has 0 bridgehead atoms. The lowest BCUT2D eigenvalue weighted by Gasteiger charge is -2.09. The molecule has 0 radical (unpaired) electrons. The summed E-state index contributed by atoms with van der Waals surface area (Å²) in [7, 11) is 0. The van der Waals surface area contributed by atoms with Crippen molar-refractivity contribution in [2.24, 2.45) is 0 Å². The molecule has 1 aromatic carbocycles. The predicted octanol–water partition coefficient (Wildman–Crippen LogP) is 1.86. The summed E-state index contributed by atoms with van der Waals surface area (Å²) in [6.07, 6.45) is 4.64. The average Bonchev–Trinajstić information content (AvgIpc) is 2.83. The van der Waals surface area contributed by atoms with Gasteiger partial charge < -0.3 is 14.8 Å². The van der Waals surface area contributed by atoms with Crippen molar-refractivity contribution in [3.63, 3.8) is 0 Å². The number of rotatable bonds is 4. The van der Waals surface area contributed by atoms with Gasteiger partial charge in [-0.3, -0.25) is 5.10 Å². The van der Waals surface area contributed by atoms with Crippen LogP contribution in [0.4, 0.5) is 0 Å². The zero-order valence-electron chi connectivity index (χ0n) is 10.7. The topological polar surface area (TPSA) is 59.2 Å². The minimum Gasteiger partial charge on any atom is -0.490 e. The molecule has 0 atom stereocenters. The van der Waals surface area contributed by atoms with E-state index in [4.69, 9.17) is 9.47 Å². The Morgan fingerprint density at radius 1 is 1.11 bits per heavy atom. The molecule has 0 unspecified atom stereocenters. The summed E-state index contributed by atoms with van der Waals surface area (Å²) in [4.78, 5) is 0. The Bertz CT molecular complexity index is 525. The largest absolute Gasteiger partial charge is 0.490 e. The van der Waals surface area contributed by atoms with Gasteiger partial charge in [0, 0.05) is 31.3 Å². The second-order valence-corrected chi connectivity index (χ2v) is 4.54. The Morgan fingerprint density at radius 2 is 1.95 bits per heavy atom. The van der Waals surface area contributed by atoms with E-state index in [2.05, 4.69) is 21.6 Å². The van der Waals surface area contributed by atoms with Crippen molar-refractivity contribution in [1.82, 2.24) is 15.5 Å². The molecule has 0 fully saturated rings. The number of ether oxygens (including phenoxy) is 2. The monoisotopic (exact) mass is 259 g/mol. The van der Waals surface area contributed by atoms with Gasteiger partial charge in [0.15, 0.2) is 11.5 Å². The van der Waals surface area contributed by atoms with Crippen LogP contribution >= 0.6 is 0 Å². The molecular weight excluding hydrogens is 242 g/mol. The maximum atomic E-state index is 5.67. The number of hydrogen-bond acceptors (Lipinski definition) is 4. The molecule has 5 nitrogen and oxygen atoms in total. The molecule has 1 aliphatic rings. The lowest BCUT2D eigenvalue weighted by atomic mass is 10.2. The van der Waals surface area contributed by atoms with E-state index in [0.717, 1.165) is 49.8 Å². The van der Waals surface area contributed by atoms with E-state index in [1.54, 1.807) is 0 Å². The van der Waals surface area contributed by atoms with Gasteiger partial charge in [0.1, 0.15) is 0 Å². The Balaban J connectivity index is 1.60. The third kappa shape index (κ3) is 3.06. The van der Waals surface area contributed by atoms with Crippen LogP contribution in [0.1, 0.15) is 17.5 Å². The lowest BCUT2D eigenvalue weighted by Crippen LogP contribution is -2.12. The van der Waals surface area contributed by atoms with Crippen LogP contribution in [0.3, 0.4) is 0 Å². The number of hydrogen-bond donors (Lipinski definition) is 2. The first kappa shape index (κ1) is 12.0. The fourth-order valence-electron chi connectivity index (χ4n) is 2.04. The molecule has 1 aromatic heterocycles. The minimum absolute atomic E-state index is 0.721. The van der Waals surface area contributed by atoms with Crippen molar-refractivity contribution in [2.45, 2.75) is 19.5 Å². The van der Waals surface area contributed by atoms with Gasteiger partial charge in [-0.25, -0.2) is 0 Å². The van der Waals surface area contributed by atoms with Crippen LogP contribution in [-0.2, 0) is 13.1 Å². The molecule has 0 spiro atoms. The Hall–Kier alpha value is -2.01. The Labute approximate surface area is 111 Å². The smallest absolute Gasteiger partial charge is 0.161 e. The quantitative estimate of drug-likeness (QED) is 0.880. The summed E-state index contributed by atoms with van der Waals surface area (Å²) in [6, 6.07) is 6.09. The van der Waals surface area contributed by atoms with Crippen LogP contribution in [0, 0.1) is 0 Å². The van der Waals surface area contributed by atoms with Gasteiger partial charge in [0.25, 0.3) is 0 Å². The van der Waals surface area contributed by atoms with E-state index in [1.807, 2.05) is 24.5 Å². The van der Waals surface area contributed by atoms with E-state index in [9.17, 15) is 0 Å². The van der Waals surface area contributed by atoms with Gasteiger partial charge in [-0.15, -0.1) is 0 Å². The zero-order valence-corrected chi connectivity index (χ0v) is 10.7. The fourth-order valence-corrected chi connectivity index (χ4v) is 2.04. The highest BCUT2D eigenvalue weighted by molar-refractivity contribution is 5.43. The molecule has 0 amide bonds. The standard InChI is InChI=1S/C14H17N3O2/c1-4-18-13-3-2-11(6-14(13)19-5-1)7-15-8-12-9-16-17-10-12/h2-3,6,9-10,15H,1,4-5,7-8H2,(H,16,17). The number of aromatic amines is 1. The fraction of sp³-hybridized carbons (Fsp3) is 0.357. The normalized spacial score (nSPS) is 14.1. The predicted molar refractivity (Wildman–Crippen MR) is 71.2 cm³/mol. The highest BCUT2D eigenvalue weighted by atomic mass is 16.5. The number of H-pyrrole nitrogens is 1. The second kappa shape index (κ2) is 5.75. The maximum absolute atomic E-state index is 5.67. The first-order valence-corrected chi connectivity index (χ1v) is 6.49. The van der Waals surface area contributed by atoms with E-state index >= 15 is 0 Å². The number of benzene rings is 1. The number of aromatic nitrogens is 2. The zero-order chi connectivity index (χ0) is 12.9. The van der Waals surface area contributed by atoms with E-state index < -0.39 is 0 Å². The second-order valence-electron chi connectivity index (χ2n) is 4.54. The summed E-state index contributed by atoms with van der Waals surface area (Å²) in [5.41, 5.74) is 2.34. The van der Waals surface area contributed by atoms with Crippen LogP contribution in [0.5, 0.6) is 11.5 Å². The minimum atomic E-state index is 0.721. The average molecular weight is 259 g/mol. The van der Waals surface area contributed by atoms with Crippen LogP contribution < -0.4 is 14.8 Å². The highest BCUT2D eigenvalue weighted by Gasteiger charge is 2.10. The van der Waals surface area contributed by atoms with Crippen molar-refractivity contribution in [2.75, 3.05) is 13.2 Å². The lowest BCUT2D eigenvalue weighted by molar-refractivity contribution is 0.297. The summed E-state index contributed by atoms with van der Waals surface area (Å²) in [5.74, 6) is 1.69. The van der Waals surface area contributed by atoms with Crippen molar-refractivity contribution < 1.29 is 9.47 Å². The highest BCUT2D eigenvalue weighted by Crippen LogP contribution is 2.30. The summed E-state index contributed by atoms with van der Waals surface area (Å²) in [5, 5.41) is 10.1. The van der Waals surface area contributed by atoms with Gasteiger partial charge >= 0.3 is 0 Å². The first-order chi connectivity index (χ1) is 9.42. The Morgan fingerprint density at radius 3 is 2.79 bits per heavy atom. The number of nitrogens with zero attached hydrogens (tertiary/aromatic N) is 1. The molecule has 1 aliphatic heterocycles. The third-order valence-electron chi connectivity index (χ3n) is 3.03. The van der Waals surface area contributed by atoms with Crippen LogP contribution in [0.15, 0.2) is 30.6 Å². The molecule has 0 aliphatic carbocycles. The Kier molecular flexibility index (Phi) is 3.65. The molecule has 100 valence electrons. The molecule has 2 aromatic rings. The van der Waals surface area contributed by atoms with Gasteiger partial charge in [0.2, 0.25) is 0 Å². The van der Waals surface area contributed by atoms with Crippen LogP contribution in [0.25, 0.3) is 0 Å². The van der Waals surface area contributed by atoms with E-state index in [0.29, 0.717) is 0 Å². The first-order valence-electron chi connectivity index (χ1n) is 6.49. The SMILES string of the molecule is c1cc2c(cc1CNCc1cn[nH]c1)OCCCO2. The van der Waals surface area contributed by atoms with Crippen LogP contribution in [0.2, 0.25) is 0 Å². The third-order valence-corrected chi connectivity index (χ3v) is 3.03. The maximum Gasteiger partial charge on any atom is 0.161 e. The van der Waals surface area contributed by atoms with E-state index in [1.165, 1.54) is 5.56 Å². The van der Waals surface area contributed by atoms with Crippen molar-refractivity contribution in [3.8, 4) is 11.5 Å². The van der Waals surface area contributed by atoms with Gasteiger partial charge in [-0.2, -0.15) is 5.10 Å². The summed E-state index contributed by atoms with van der Waals surface area (Å²) < 4.78 is 11.3. The van der Waals surface area contributed by atoms with Crippen molar-refractivity contribution in [3.05, 3.63) is 41.7 Å². The molecule has 0 saturated heterocycles. The van der Waals surface area contributed by atoms with E-state index in [-0.39, 0.29) is 0 Å². The van der Waals surface area contributed by atoms with Crippen molar-refractivity contribution in [1.29, 1.82) is 0 Å². The van der Waals surface area contributed by atoms with Gasteiger partial charge in [0.05, 0.1) is 19.4 Å². The molecule has 0 saturated carbocycles. The molecular formula is C14H17N3O2. The molecule has 3 rings (SSSR count). The molecule has 19 heavy (non-hydrogen) atoms. The van der Waals surface area contributed by atoms with Gasteiger partial charge in [-0.05, 0) is 17.7 Å².